The predicted molar refractivity (Wildman–Crippen MR) is 66.6 cm³/mol. The number of amides is 2. The second kappa shape index (κ2) is 7.49. The van der Waals surface area contributed by atoms with Crippen LogP contribution in [0.5, 0.6) is 0 Å². The summed E-state index contributed by atoms with van der Waals surface area (Å²) >= 11 is 0. The molecular weight excluding hydrogens is 202 g/mol. The van der Waals surface area contributed by atoms with Crippen LogP contribution in [0.2, 0.25) is 0 Å². The highest BCUT2D eigenvalue weighted by atomic mass is 16.2. The Labute approximate surface area is 98.8 Å². The summed E-state index contributed by atoms with van der Waals surface area (Å²) in [4.78, 5) is 13.8. The number of urea groups is 1. The maximum Gasteiger partial charge on any atom is 0.315 e. The summed E-state index contributed by atoms with van der Waals surface area (Å²) in [7, 11) is 0. The zero-order chi connectivity index (χ0) is 11.8. The molecule has 0 saturated heterocycles. The lowest BCUT2D eigenvalue weighted by Crippen LogP contribution is -2.43. The van der Waals surface area contributed by atoms with Gasteiger partial charge < -0.3 is 15.5 Å². The van der Waals surface area contributed by atoms with E-state index in [2.05, 4.69) is 29.4 Å². The second-order valence-electron chi connectivity index (χ2n) is 4.41. The normalized spacial score (nSPS) is 16.7. The van der Waals surface area contributed by atoms with Crippen molar-refractivity contribution >= 4 is 6.03 Å². The molecule has 0 radical (unpaired) electrons. The topological polar surface area (TPSA) is 44.4 Å². The van der Waals surface area contributed by atoms with Crippen molar-refractivity contribution < 1.29 is 4.79 Å². The van der Waals surface area contributed by atoms with Crippen molar-refractivity contribution in [3.63, 3.8) is 0 Å². The Morgan fingerprint density at radius 1 is 1.25 bits per heavy atom. The third-order valence-electron chi connectivity index (χ3n) is 3.30. The van der Waals surface area contributed by atoms with Crippen molar-refractivity contribution in [2.45, 2.75) is 45.6 Å². The summed E-state index contributed by atoms with van der Waals surface area (Å²) in [6, 6.07) is 0.410. The van der Waals surface area contributed by atoms with Crippen LogP contribution in [0.15, 0.2) is 0 Å². The summed E-state index contributed by atoms with van der Waals surface area (Å²) < 4.78 is 0. The number of rotatable bonds is 6. The number of hydrogen-bond acceptors (Lipinski definition) is 2. The van der Waals surface area contributed by atoms with E-state index in [1.54, 1.807) is 0 Å². The molecule has 0 heterocycles. The highest BCUT2D eigenvalue weighted by Gasteiger charge is 2.16. The molecule has 1 aliphatic carbocycles. The molecule has 1 rings (SSSR count). The molecular formula is C12H25N3O. The minimum atomic E-state index is -0.000874. The van der Waals surface area contributed by atoms with Gasteiger partial charge in [-0.1, -0.05) is 26.7 Å². The van der Waals surface area contributed by atoms with Gasteiger partial charge in [0, 0.05) is 19.1 Å². The van der Waals surface area contributed by atoms with E-state index < -0.39 is 0 Å². The molecule has 2 N–H and O–H groups in total. The third-order valence-corrected chi connectivity index (χ3v) is 3.30. The highest BCUT2D eigenvalue weighted by Crippen LogP contribution is 2.17. The van der Waals surface area contributed by atoms with Gasteiger partial charge in [-0.3, -0.25) is 0 Å². The fraction of sp³-hybridized carbons (Fsp3) is 0.917. The lowest BCUT2D eigenvalue weighted by Gasteiger charge is -2.19. The van der Waals surface area contributed by atoms with E-state index in [-0.39, 0.29) is 6.03 Å². The van der Waals surface area contributed by atoms with Crippen LogP contribution in [0.1, 0.15) is 39.5 Å². The molecule has 1 fully saturated rings. The number of carbonyl (C=O) groups excluding carboxylic acids is 1. The zero-order valence-corrected chi connectivity index (χ0v) is 10.6. The molecule has 2 amide bonds. The van der Waals surface area contributed by atoms with Crippen molar-refractivity contribution in [2.24, 2.45) is 0 Å². The minimum absolute atomic E-state index is 0.000874. The zero-order valence-electron chi connectivity index (χ0n) is 10.6. The highest BCUT2D eigenvalue weighted by molar-refractivity contribution is 5.74. The van der Waals surface area contributed by atoms with Crippen LogP contribution < -0.4 is 10.6 Å². The van der Waals surface area contributed by atoms with Crippen molar-refractivity contribution in [2.75, 3.05) is 26.2 Å². The Morgan fingerprint density at radius 3 is 2.44 bits per heavy atom. The number of hydrogen-bond donors (Lipinski definition) is 2. The Morgan fingerprint density at radius 2 is 1.88 bits per heavy atom. The van der Waals surface area contributed by atoms with Gasteiger partial charge in [0.2, 0.25) is 0 Å². The summed E-state index contributed by atoms with van der Waals surface area (Å²) in [6.07, 6.45) is 4.79. The fourth-order valence-electron chi connectivity index (χ4n) is 2.17. The maximum atomic E-state index is 11.5. The van der Waals surface area contributed by atoms with E-state index in [1.165, 1.54) is 12.8 Å². The molecule has 94 valence electrons. The van der Waals surface area contributed by atoms with Crippen molar-refractivity contribution in [3.05, 3.63) is 0 Å². The van der Waals surface area contributed by atoms with E-state index in [9.17, 15) is 4.79 Å². The van der Waals surface area contributed by atoms with Gasteiger partial charge in [0.25, 0.3) is 0 Å². The Balaban J connectivity index is 2.05. The lowest BCUT2D eigenvalue weighted by molar-refractivity contribution is 0.233. The van der Waals surface area contributed by atoms with Gasteiger partial charge in [-0.15, -0.1) is 0 Å². The second-order valence-corrected chi connectivity index (χ2v) is 4.41. The Kier molecular flexibility index (Phi) is 6.23. The van der Waals surface area contributed by atoms with Crippen LogP contribution in [0.3, 0.4) is 0 Å². The number of nitrogens with zero attached hydrogens (tertiary/aromatic N) is 1. The van der Waals surface area contributed by atoms with E-state index in [1.807, 2.05) is 0 Å². The third kappa shape index (κ3) is 4.84. The molecule has 0 unspecified atom stereocenters. The van der Waals surface area contributed by atoms with E-state index in [4.69, 9.17) is 0 Å². The summed E-state index contributed by atoms with van der Waals surface area (Å²) in [5.41, 5.74) is 0. The molecule has 16 heavy (non-hydrogen) atoms. The molecule has 4 heteroatoms. The molecule has 4 nitrogen and oxygen atoms in total. The SMILES string of the molecule is CCN(CC)CCNC(=O)NC1CCCC1. The monoisotopic (exact) mass is 227 g/mol. The van der Waals surface area contributed by atoms with Crippen molar-refractivity contribution in [1.82, 2.24) is 15.5 Å². The van der Waals surface area contributed by atoms with E-state index >= 15 is 0 Å². The molecule has 0 aromatic rings. The van der Waals surface area contributed by atoms with Crippen LogP contribution in [0.4, 0.5) is 4.79 Å². The van der Waals surface area contributed by atoms with Gasteiger partial charge in [-0.05, 0) is 25.9 Å². The van der Waals surface area contributed by atoms with Gasteiger partial charge in [0.15, 0.2) is 0 Å². The quantitative estimate of drug-likeness (QED) is 0.723. The largest absolute Gasteiger partial charge is 0.337 e. The van der Waals surface area contributed by atoms with Gasteiger partial charge >= 0.3 is 6.03 Å². The number of nitrogens with one attached hydrogen (secondary N) is 2. The van der Waals surface area contributed by atoms with Gasteiger partial charge in [-0.25, -0.2) is 4.79 Å². The van der Waals surface area contributed by atoms with Crippen LogP contribution in [-0.4, -0.2) is 43.2 Å². The number of carbonyl (C=O) groups is 1. The molecule has 1 saturated carbocycles. The lowest BCUT2D eigenvalue weighted by atomic mass is 10.2. The van der Waals surface area contributed by atoms with Crippen LogP contribution in [0.25, 0.3) is 0 Å². The maximum absolute atomic E-state index is 11.5. The molecule has 0 atom stereocenters. The average molecular weight is 227 g/mol. The van der Waals surface area contributed by atoms with Crippen molar-refractivity contribution in [3.8, 4) is 0 Å². The summed E-state index contributed by atoms with van der Waals surface area (Å²) in [5.74, 6) is 0. The first-order valence-corrected chi connectivity index (χ1v) is 6.53. The minimum Gasteiger partial charge on any atom is -0.337 e. The van der Waals surface area contributed by atoms with Gasteiger partial charge in [0.05, 0.1) is 0 Å². The molecule has 0 bridgehead atoms. The molecule has 0 spiro atoms. The predicted octanol–water partition coefficient (Wildman–Crippen LogP) is 1.57. The first-order valence-electron chi connectivity index (χ1n) is 6.53. The smallest absolute Gasteiger partial charge is 0.315 e. The number of likely N-dealkylation sites (N-methyl/N-ethyl adjacent to an activating group) is 1. The first-order chi connectivity index (χ1) is 7.76. The van der Waals surface area contributed by atoms with Crippen LogP contribution in [0, 0.1) is 0 Å². The van der Waals surface area contributed by atoms with Gasteiger partial charge in [0.1, 0.15) is 0 Å². The standard InChI is InChI=1S/C12H25N3O/c1-3-15(4-2)10-9-13-12(16)14-11-7-5-6-8-11/h11H,3-10H2,1-2H3,(H2,13,14,16). The first kappa shape index (κ1) is 13.3. The van der Waals surface area contributed by atoms with E-state index in [0.717, 1.165) is 39.0 Å². The Hall–Kier alpha value is -0.770. The summed E-state index contributed by atoms with van der Waals surface area (Å²) in [5, 5.41) is 5.94. The molecule has 0 aliphatic heterocycles. The van der Waals surface area contributed by atoms with Gasteiger partial charge in [-0.2, -0.15) is 0 Å². The fourth-order valence-corrected chi connectivity index (χ4v) is 2.17. The van der Waals surface area contributed by atoms with Crippen LogP contribution in [-0.2, 0) is 0 Å². The molecule has 0 aromatic carbocycles. The van der Waals surface area contributed by atoms with Crippen LogP contribution >= 0.6 is 0 Å². The van der Waals surface area contributed by atoms with Crippen molar-refractivity contribution in [1.29, 1.82) is 0 Å². The van der Waals surface area contributed by atoms with E-state index in [0.29, 0.717) is 6.04 Å². The molecule has 0 aromatic heterocycles. The Bertz CT molecular complexity index is 198. The average Bonchev–Trinajstić information content (AvgIpc) is 2.77. The summed E-state index contributed by atoms with van der Waals surface area (Å²) in [6.45, 7) is 8.04. The molecule has 1 aliphatic rings.